The van der Waals surface area contributed by atoms with Crippen LogP contribution in [0.3, 0.4) is 0 Å². The minimum absolute atomic E-state index is 0.0384. The molecule has 0 bridgehead atoms. The Morgan fingerprint density at radius 2 is 1.78 bits per heavy atom. The molecule has 12 heteroatoms. The van der Waals surface area contributed by atoms with Crippen molar-refractivity contribution < 1.29 is 14.3 Å². The van der Waals surface area contributed by atoms with Crippen molar-refractivity contribution in [2.24, 2.45) is 10.9 Å². The van der Waals surface area contributed by atoms with Crippen LogP contribution in [-0.2, 0) is 16.3 Å². The molecule has 2 aliphatic heterocycles. The molecule has 2 fully saturated rings. The highest BCUT2D eigenvalue weighted by atomic mass is 28.3. The molecule has 0 radical (unpaired) electrons. The molecule has 1 saturated heterocycles. The van der Waals surface area contributed by atoms with E-state index in [9.17, 15) is 10.1 Å². The summed E-state index contributed by atoms with van der Waals surface area (Å²) in [5.41, 5.74) is 6.32. The Balaban J connectivity index is 1.16. The summed E-state index contributed by atoms with van der Waals surface area (Å²) < 4.78 is 14.2. The molecule has 4 aromatic rings. The SMILES string of the molecule is C[Si](C)(C)CCOCn1cc2c3c(ncnc31)N(C1CCN(C(=O)/C(C#N)=C/C3CC3)CC1)NC2=Nc1ccc(Oc2ccccc2)cc1. The van der Waals surface area contributed by atoms with Crippen molar-refractivity contribution in [3.8, 4) is 17.6 Å². The van der Waals surface area contributed by atoms with Gasteiger partial charge in [0.2, 0.25) is 0 Å². The molecule has 4 heterocycles. The number of rotatable bonds is 11. The number of aromatic nitrogens is 3. The van der Waals surface area contributed by atoms with Crippen LogP contribution in [0.5, 0.6) is 11.5 Å². The first-order chi connectivity index (χ1) is 23.8. The molecule has 2 aromatic carbocycles. The predicted octanol–water partition coefficient (Wildman–Crippen LogP) is 6.79. The van der Waals surface area contributed by atoms with Crippen molar-refractivity contribution in [1.29, 1.82) is 5.26 Å². The Morgan fingerprint density at radius 3 is 2.47 bits per heavy atom. The number of amides is 1. The van der Waals surface area contributed by atoms with E-state index >= 15 is 0 Å². The monoisotopic (exact) mass is 674 g/mol. The second-order valence-corrected chi connectivity index (χ2v) is 19.8. The van der Waals surface area contributed by atoms with Gasteiger partial charge in [0.05, 0.1) is 17.1 Å². The third kappa shape index (κ3) is 7.53. The molecule has 11 nitrogen and oxygen atoms in total. The summed E-state index contributed by atoms with van der Waals surface area (Å²) in [5.74, 6) is 3.16. The lowest BCUT2D eigenvalue weighted by molar-refractivity contribution is -0.127. The number of hydrazine groups is 1. The lowest BCUT2D eigenvalue weighted by atomic mass is 10.0. The fraction of sp³-hybridized carbons (Fsp3) is 0.378. The fourth-order valence-corrected chi connectivity index (χ4v) is 6.94. The highest BCUT2D eigenvalue weighted by molar-refractivity contribution is 6.76. The minimum atomic E-state index is -1.23. The molecule has 3 aliphatic rings. The number of carbonyl (C=O) groups excluding carboxylic acids is 1. The average molecular weight is 675 g/mol. The van der Waals surface area contributed by atoms with Crippen molar-refractivity contribution in [2.45, 2.75) is 64.1 Å². The first-order valence-corrected chi connectivity index (χ1v) is 20.8. The van der Waals surface area contributed by atoms with E-state index in [0.29, 0.717) is 51.0 Å². The van der Waals surface area contributed by atoms with Gasteiger partial charge in [-0.3, -0.25) is 15.2 Å². The second-order valence-electron chi connectivity index (χ2n) is 14.2. The van der Waals surface area contributed by atoms with E-state index in [4.69, 9.17) is 24.4 Å². The lowest BCUT2D eigenvalue weighted by Gasteiger charge is -2.41. The summed E-state index contributed by atoms with van der Waals surface area (Å²) >= 11 is 0. The van der Waals surface area contributed by atoms with Crippen LogP contribution in [0.15, 0.2) is 83.8 Å². The molecule has 2 aromatic heterocycles. The molecule has 1 amide bonds. The number of amidine groups is 1. The summed E-state index contributed by atoms with van der Waals surface area (Å²) in [4.78, 5) is 29.5. The smallest absolute Gasteiger partial charge is 0.264 e. The molecule has 0 atom stereocenters. The zero-order valence-corrected chi connectivity index (χ0v) is 29.3. The van der Waals surface area contributed by atoms with Gasteiger partial charge < -0.3 is 18.9 Å². The van der Waals surface area contributed by atoms with E-state index in [1.165, 1.54) is 0 Å². The first kappa shape index (κ1) is 32.5. The molecular weight excluding hydrogens is 633 g/mol. The Morgan fingerprint density at radius 1 is 1.04 bits per heavy atom. The van der Waals surface area contributed by atoms with E-state index in [2.05, 4.69) is 36.1 Å². The zero-order valence-electron chi connectivity index (χ0n) is 28.3. The maximum Gasteiger partial charge on any atom is 0.264 e. The van der Waals surface area contributed by atoms with Crippen LogP contribution in [0.25, 0.3) is 11.0 Å². The third-order valence-electron chi connectivity index (χ3n) is 9.12. The number of anilines is 1. The number of nitrogens with one attached hydrogen (secondary N) is 1. The van der Waals surface area contributed by atoms with Gasteiger partial charge >= 0.3 is 0 Å². The Bertz CT molecular complexity index is 1920. The van der Waals surface area contributed by atoms with E-state index in [-0.39, 0.29) is 17.5 Å². The number of ether oxygens (including phenoxy) is 2. The Kier molecular flexibility index (Phi) is 9.20. The summed E-state index contributed by atoms with van der Waals surface area (Å²) in [6.45, 7) is 9.22. The number of benzene rings is 2. The maximum absolute atomic E-state index is 13.2. The van der Waals surface area contributed by atoms with Gasteiger partial charge in [0, 0.05) is 39.5 Å². The number of piperidine rings is 1. The maximum atomic E-state index is 13.2. The number of aliphatic imine (C=N–C) groups is 1. The summed E-state index contributed by atoms with van der Waals surface area (Å²) in [6, 6.07) is 20.7. The number of nitrogens with zero attached hydrogens (tertiary/aromatic N) is 7. The average Bonchev–Trinajstić information content (AvgIpc) is 3.86. The normalized spacial score (nSPS) is 17.7. The standard InChI is InChI=1S/C37H42N8O3Si/c1-49(2,3)20-19-47-25-44-23-32-33-35(44)39-24-40-36(33)45(29-15-17-43(18-16-29)37(46)27(22-38)21-26-9-10-26)42-34(32)41-28-11-13-31(14-12-28)48-30-7-5-4-6-8-30/h4-8,11-14,21,23-24,26,29H,9-10,15-20,25H2,1-3H3,(H,41,42)/b27-21+. The number of carbonyl (C=O) groups is 1. The number of hydrogen-bond donors (Lipinski definition) is 1. The van der Waals surface area contributed by atoms with Crippen LogP contribution in [-0.4, -0.2) is 65.0 Å². The molecule has 7 rings (SSSR count). The van der Waals surface area contributed by atoms with Crippen LogP contribution < -0.4 is 15.2 Å². The van der Waals surface area contributed by atoms with E-state index in [0.717, 1.165) is 58.5 Å². The van der Waals surface area contributed by atoms with E-state index in [1.54, 1.807) is 11.2 Å². The molecule has 1 saturated carbocycles. The van der Waals surface area contributed by atoms with Gasteiger partial charge in [-0.05, 0) is 74.0 Å². The van der Waals surface area contributed by atoms with Crippen molar-refractivity contribution >= 4 is 42.4 Å². The lowest BCUT2D eigenvalue weighted by Crippen LogP contribution is -2.55. The van der Waals surface area contributed by atoms with Gasteiger partial charge in [0.15, 0.2) is 11.7 Å². The minimum Gasteiger partial charge on any atom is -0.457 e. The number of hydrogen-bond acceptors (Lipinski definition) is 8. The summed E-state index contributed by atoms with van der Waals surface area (Å²) in [5, 5.41) is 12.6. The van der Waals surface area contributed by atoms with Crippen molar-refractivity contribution in [3.05, 3.63) is 84.3 Å². The molecule has 1 N–H and O–H groups in total. The Labute approximate surface area is 287 Å². The molecular formula is C37H42N8O3Si. The molecule has 252 valence electrons. The van der Waals surface area contributed by atoms with Gasteiger partial charge in [-0.2, -0.15) is 5.26 Å². The van der Waals surface area contributed by atoms with Crippen molar-refractivity contribution in [3.63, 3.8) is 0 Å². The first-order valence-electron chi connectivity index (χ1n) is 17.1. The van der Waals surface area contributed by atoms with Crippen molar-refractivity contribution in [1.82, 2.24) is 24.9 Å². The quantitative estimate of drug-likeness (QED) is 0.0799. The van der Waals surface area contributed by atoms with Crippen LogP contribution in [0.1, 0.15) is 31.2 Å². The topological polar surface area (TPSA) is 121 Å². The number of likely N-dealkylation sites (tertiary alicyclic amines) is 1. The highest BCUT2D eigenvalue weighted by Crippen LogP contribution is 2.36. The Hall–Kier alpha value is -4.99. The molecule has 0 unspecified atom stereocenters. The second kappa shape index (κ2) is 13.9. The van der Waals surface area contributed by atoms with E-state index in [1.807, 2.05) is 71.4 Å². The molecule has 49 heavy (non-hydrogen) atoms. The fourth-order valence-electron chi connectivity index (χ4n) is 6.18. The summed E-state index contributed by atoms with van der Waals surface area (Å²) in [7, 11) is -1.23. The van der Waals surface area contributed by atoms with Crippen LogP contribution in [0.2, 0.25) is 25.7 Å². The largest absolute Gasteiger partial charge is 0.457 e. The zero-order chi connectivity index (χ0) is 34.0. The number of allylic oxidation sites excluding steroid dienone is 1. The molecule has 1 aliphatic carbocycles. The van der Waals surface area contributed by atoms with Gasteiger partial charge in [-0.15, -0.1) is 0 Å². The van der Waals surface area contributed by atoms with Gasteiger partial charge in [0.1, 0.15) is 41.8 Å². The van der Waals surface area contributed by atoms with Crippen LogP contribution >= 0.6 is 0 Å². The highest BCUT2D eigenvalue weighted by Gasteiger charge is 2.35. The van der Waals surface area contributed by atoms with E-state index < -0.39 is 8.07 Å². The van der Waals surface area contributed by atoms with Gasteiger partial charge in [-0.1, -0.05) is 43.9 Å². The van der Waals surface area contributed by atoms with Crippen molar-refractivity contribution in [2.75, 3.05) is 24.7 Å². The van der Waals surface area contributed by atoms with Gasteiger partial charge in [0.25, 0.3) is 5.91 Å². The van der Waals surface area contributed by atoms with Crippen LogP contribution in [0, 0.1) is 17.2 Å². The number of nitriles is 1. The predicted molar refractivity (Wildman–Crippen MR) is 192 cm³/mol. The third-order valence-corrected chi connectivity index (χ3v) is 10.8. The number of para-hydroxylation sites is 1. The summed E-state index contributed by atoms with van der Waals surface area (Å²) in [6.07, 6.45) is 9.02. The van der Waals surface area contributed by atoms with Gasteiger partial charge in [-0.25, -0.2) is 15.0 Å². The molecule has 0 spiro atoms. The van der Waals surface area contributed by atoms with Crippen LogP contribution in [0.4, 0.5) is 11.5 Å².